The fourth-order valence-electron chi connectivity index (χ4n) is 1.40. The van der Waals surface area contributed by atoms with Crippen LogP contribution in [0.2, 0.25) is 0 Å². The van der Waals surface area contributed by atoms with Crippen molar-refractivity contribution in [1.29, 1.82) is 0 Å². The van der Waals surface area contributed by atoms with Crippen LogP contribution in [0.5, 0.6) is 0 Å². The summed E-state index contributed by atoms with van der Waals surface area (Å²) < 4.78 is 81.6. The predicted octanol–water partition coefficient (Wildman–Crippen LogP) is 1.43. The molecule has 0 heterocycles. The standard InChI is InChI=1S/C11H11F4NO4S/c1-16(4-3-8(17)20-2)21(18,19)11-9(14)6(12)5-7(13)10(11)15/h5H,3-4H2,1-2H3. The van der Waals surface area contributed by atoms with E-state index in [9.17, 15) is 30.8 Å². The quantitative estimate of drug-likeness (QED) is 0.466. The molecule has 0 radical (unpaired) electrons. The molecule has 1 aromatic carbocycles. The van der Waals surface area contributed by atoms with Crippen molar-refractivity contribution in [1.82, 2.24) is 4.31 Å². The van der Waals surface area contributed by atoms with E-state index < -0.39 is 57.1 Å². The predicted molar refractivity (Wildman–Crippen MR) is 62.7 cm³/mol. The van der Waals surface area contributed by atoms with Crippen LogP contribution in [0.15, 0.2) is 11.0 Å². The summed E-state index contributed by atoms with van der Waals surface area (Å²) in [4.78, 5) is 9.17. The Labute approximate surface area is 118 Å². The van der Waals surface area contributed by atoms with E-state index in [2.05, 4.69) is 4.74 Å². The van der Waals surface area contributed by atoms with E-state index in [0.717, 1.165) is 14.2 Å². The molecule has 0 aliphatic heterocycles. The highest BCUT2D eigenvalue weighted by Crippen LogP contribution is 2.26. The van der Waals surface area contributed by atoms with Crippen molar-refractivity contribution in [3.63, 3.8) is 0 Å². The molecule has 1 rings (SSSR count). The zero-order valence-electron chi connectivity index (χ0n) is 11.0. The maximum Gasteiger partial charge on any atom is 0.306 e. The second-order valence-electron chi connectivity index (χ2n) is 3.95. The number of methoxy groups -OCH3 is 1. The molecule has 0 aliphatic rings. The van der Waals surface area contributed by atoms with Crippen LogP contribution in [-0.4, -0.2) is 39.4 Å². The molecule has 118 valence electrons. The highest BCUT2D eigenvalue weighted by atomic mass is 32.2. The van der Waals surface area contributed by atoms with Crippen LogP contribution in [0, 0.1) is 23.3 Å². The van der Waals surface area contributed by atoms with Gasteiger partial charge in [-0.25, -0.2) is 30.3 Å². The summed E-state index contributed by atoms with van der Waals surface area (Å²) in [6.45, 7) is -0.480. The number of rotatable bonds is 5. The summed E-state index contributed by atoms with van der Waals surface area (Å²) in [6, 6.07) is -0.0991. The molecule has 10 heteroatoms. The van der Waals surface area contributed by atoms with Gasteiger partial charge in [-0.1, -0.05) is 0 Å². The van der Waals surface area contributed by atoms with Gasteiger partial charge >= 0.3 is 5.97 Å². The Morgan fingerprint density at radius 2 is 1.67 bits per heavy atom. The van der Waals surface area contributed by atoms with Crippen LogP contribution < -0.4 is 0 Å². The zero-order chi connectivity index (χ0) is 16.4. The lowest BCUT2D eigenvalue weighted by molar-refractivity contribution is -0.140. The molecule has 0 saturated carbocycles. The lowest BCUT2D eigenvalue weighted by atomic mass is 10.3. The third-order valence-electron chi connectivity index (χ3n) is 2.60. The summed E-state index contributed by atoms with van der Waals surface area (Å²) in [6.07, 6.45) is -0.396. The Morgan fingerprint density at radius 1 is 1.19 bits per heavy atom. The first kappa shape index (κ1) is 17.4. The number of hydrogen-bond donors (Lipinski definition) is 0. The van der Waals surface area contributed by atoms with Crippen molar-refractivity contribution in [2.45, 2.75) is 11.3 Å². The van der Waals surface area contributed by atoms with E-state index in [0.29, 0.717) is 4.31 Å². The fourth-order valence-corrected chi connectivity index (χ4v) is 2.70. The van der Waals surface area contributed by atoms with Gasteiger partial charge in [-0.15, -0.1) is 0 Å². The average molecular weight is 329 g/mol. The van der Waals surface area contributed by atoms with Gasteiger partial charge in [0.2, 0.25) is 10.0 Å². The van der Waals surface area contributed by atoms with Crippen LogP contribution in [0.1, 0.15) is 6.42 Å². The van der Waals surface area contributed by atoms with Gasteiger partial charge in [0.05, 0.1) is 13.5 Å². The molecule has 0 bridgehead atoms. The molecule has 0 aliphatic carbocycles. The van der Waals surface area contributed by atoms with Gasteiger partial charge in [0.25, 0.3) is 0 Å². The first-order valence-corrected chi connectivity index (χ1v) is 6.93. The van der Waals surface area contributed by atoms with Crippen molar-refractivity contribution in [3.8, 4) is 0 Å². The number of ether oxygens (including phenoxy) is 1. The van der Waals surface area contributed by atoms with E-state index >= 15 is 0 Å². The van der Waals surface area contributed by atoms with Crippen molar-refractivity contribution in [2.75, 3.05) is 20.7 Å². The van der Waals surface area contributed by atoms with E-state index in [4.69, 9.17) is 0 Å². The van der Waals surface area contributed by atoms with Crippen LogP contribution in [-0.2, 0) is 19.6 Å². The maximum atomic E-state index is 13.5. The number of carbonyl (C=O) groups excluding carboxylic acids is 1. The van der Waals surface area contributed by atoms with Crippen LogP contribution in [0.25, 0.3) is 0 Å². The Kier molecular flexibility index (Phi) is 5.29. The van der Waals surface area contributed by atoms with Gasteiger partial charge in [-0.05, 0) is 0 Å². The van der Waals surface area contributed by atoms with Gasteiger partial charge in [0.15, 0.2) is 28.2 Å². The molecule has 0 atom stereocenters. The Hall–Kier alpha value is -1.68. The van der Waals surface area contributed by atoms with Crippen molar-refractivity contribution in [2.24, 2.45) is 0 Å². The summed E-state index contributed by atoms with van der Waals surface area (Å²) in [5, 5.41) is 0. The van der Waals surface area contributed by atoms with Crippen LogP contribution in [0.4, 0.5) is 17.6 Å². The van der Waals surface area contributed by atoms with E-state index in [1.165, 1.54) is 0 Å². The molecule has 0 N–H and O–H groups in total. The second-order valence-corrected chi connectivity index (χ2v) is 5.93. The largest absolute Gasteiger partial charge is 0.469 e. The topological polar surface area (TPSA) is 63.7 Å². The van der Waals surface area contributed by atoms with Gasteiger partial charge < -0.3 is 4.74 Å². The second kappa shape index (κ2) is 6.39. The van der Waals surface area contributed by atoms with Crippen molar-refractivity contribution >= 4 is 16.0 Å². The first-order valence-electron chi connectivity index (χ1n) is 5.49. The number of sulfonamides is 1. The van der Waals surface area contributed by atoms with Crippen LogP contribution >= 0.6 is 0 Å². The van der Waals surface area contributed by atoms with Gasteiger partial charge in [-0.3, -0.25) is 4.79 Å². The molecular formula is C11H11F4NO4S. The van der Waals surface area contributed by atoms with Gasteiger partial charge in [-0.2, -0.15) is 0 Å². The lowest BCUT2D eigenvalue weighted by Crippen LogP contribution is -2.31. The van der Waals surface area contributed by atoms with Crippen LogP contribution in [0.3, 0.4) is 0 Å². The molecule has 0 saturated heterocycles. The molecule has 21 heavy (non-hydrogen) atoms. The molecule has 1 aromatic rings. The minimum Gasteiger partial charge on any atom is -0.469 e. The zero-order valence-corrected chi connectivity index (χ0v) is 11.8. The molecule has 0 fully saturated rings. The summed E-state index contributed by atoms with van der Waals surface area (Å²) in [5.74, 6) is -8.50. The smallest absolute Gasteiger partial charge is 0.306 e. The Bertz CT molecular complexity index is 636. The number of benzene rings is 1. The highest BCUT2D eigenvalue weighted by molar-refractivity contribution is 7.89. The van der Waals surface area contributed by atoms with Crippen molar-refractivity contribution < 1.29 is 35.5 Å². The van der Waals surface area contributed by atoms with E-state index in [1.54, 1.807) is 0 Å². The maximum absolute atomic E-state index is 13.5. The summed E-state index contributed by atoms with van der Waals surface area (Å²) in [5.41, 5.74) is 0. The Morgan fingerprint density at radius 3 is 2.10 bits per heavy atom. The van der Waals surface area contributed by atoms with E-state index in [-0.39, 0.29) is 6.07 Å². The summed E-state index contributed by atoms with van der Waals surface area (Å²) in [7, 11) is -2.88. The minimum atomic E-state index is -4.85. The fraction of sp³-hybridized carbons (Fsp3) is 0.364. The first-order chi connectivity index (χ1) is 9.62. The third kappa shape index (κ3) is 3.50. The minimum absolute atomic E-state index is 0.0991. The number of carbonyl (C=O) groups is 1. The molecule has 0 amide bonds. The highest BCUT2D eigenvalue weighted by Gasteiger charge is 2.32. The molecule has 5 nitrogen and oxygen atoms in total. The molecule has 0 aromatic heterocycles. The molecule has 0 unspecified atom stereocenters. The average Bonchev–Trinajstić information content (AvgIpc) is 2.42. The Balaban J connectivity index is 3.22. The number of nitrogens with zero attached hydrogens (tertiary/aromatic N) is 1. The summed E-state index contributed by atoms with van der Waals surface area (Å²) >= 11 is 0. The lowest BCUT2D eigenvalue weighted by Gasteiger charge is -2.17. The molecular weight excluding hydrogens is 318 g/mol. The third-order valence-corrected chi connectivity index (χ3v) is 4.48. The normalized spacial score (nSPS) is 11.8. The van der Waals surface area contributed by atoms with E-state index in [1.807, 2.05) is 0 Å². The number of hydrogen-bond acceptors (Lipinski definition) is 4. The number of esters is 1. The van der Waals surface area contributed by atoms with Crippen molar-refractivity contribution in [3.05, 3.63) is 29.3 Å². The van der Waals surface area contributed by atoms with Gasteiger partial charge in [0.1, 0.15) is 0 Å². The molecule has 0 spiro atoms. The monoisotopic (exact) mass is 329 g/mol. The SMILES string of the molecule is COC(=O)CCN(C)S(=O)(=O)c1c(F)c(F)cc(F)c1F. The van der Waals surface area contributed by atoms with Gasteiger partial charge in [0, 0.05) is 19.7 Å². The number of halogens is 4.